The molecule has 0 bridgehead atoms. The summed E-state index contributed by atoms with van der Waals surface area (Å²) in [4.78, 5) is 53.7. The van der Waals surface area contributed by atoms with E-state index in [1.54, 1.807) is 0 Å². The summed E-state index contributed by atoms with van der Waals surface area (Å²) in [5.74, 6) is -0.123. The second-order valence-corrected chi connectivity index (χ2v) is 10.6. The van der Waals surface area contributed by atoms with Crippen molar-refractivity contribution in [2.24, 2.45) is 0 Å². The first kappa shape index (κ1) is 29.0. The number of anilines is 2. The van der Waals surface area contributed by atoms with Crippen LogP contribution in [0.3, 0.4) is 0 Å². The van der Waals surface area contributed by atoms with Crippen LogP contribution in [0.15, 0.2) is 28.2 Å². The topological polar surface area (TPSA) is 263 Å². The largest absolute Gasteiger partial charge is 0.472 e. The zero-order valence-corrected chi connectivity index (χ0v) is 23.4. The molecule has 5 heterocycles. The number of phosphoric ester groups is 1. The molecule has 40 heavy (non-hydrogen) atoms. The monoisotopic (exact) mass is 698 g/mol. The molecular formula is C19H24IN8O11P. The van der Waals surface area contributed by atoms with E-state index in [0.717, 1.165) is 4.57 Å². The van der Waals surface area contributed by atoms with Gasteiger partial charge in [-0.15, -0.1) is 0 Å². The van der Waals surface area contributed by atoms with Gasteiger partial charge in [0.05, 0.1) is 19.0 Å². The summed E-state index contributed by atoms with van der Waals surface area (Å²) >= 11 is 1.45. The van der Waals surface area contributed by atoms with Crippen molar-refractivity contribution < 1.29 is 41.2 Å². The van der Waals surface area contributed by atoms with E-state index in [2.05, 4.69) is 23.2 Å². The smallest absolute Gasteiger partial charge is 0.386 e. The fourth-order valence-electron chi connectivity index (χ4n) is 4.46. The number of hydrogen-bond donors (Lipinski definition) is 5. The van der Waals surface area contributed by atoms with Gasteiger partial charge in [-0.3, -0.25) is 28.0 Å². The number of nitrogens with two attached hydrogens (primary N) is 2. The maximum atomic E-state index is 12.8. The Morgan fingerprint density at radius 2 is 2.00 bits per heavy atom. The Balaban J connectivity index is 1.23. The van der Waals surface area contributed by atoms with Crippen LogP contribution in [0.25, 0.3) is 11.2 Å². The fraction of sp³-hybridized carbons (Fsp3) is 0.526. The Bertz CT molecular complexity index is 1530. The quantitative estimate of drug-likeness (QED) is 0.0757. The van der Waals surface area contributed by atoms with Gasteiger partial charge in [0.15, 0.2) is 40.4 Å². The first-order valence-corrected chi connectivity index (χ1v) is 14.1. The SMILES string of the molecule is Nc1ccn([C@@H]2OC(COOI)[C@@H](OP(=O)(O)OCC3CCC(n4cnc5c(=O)[nH]c(N)nc54)O3)C2O)c(=O)n1. The van der Waals surface area contributed by atoms with Crippen molar-refractivity contribution in [1.82, 2.24) is 29.1 Å². The highest BCUT2D eigenvalue weighted by Crippen LogP contribution is 2.49. The van der Waals surface area contributed by atoms with Gasteiger partial charge in [0, 0.05) is 6.20 Å². The summed E-state index contributed by atoms with van der Waals surface area (Å²) in [5, 5.41) is 10.8. The number of rotatable bonds is 10. The van der Waals surface area contributed by atoms with Gasteiger partial charge >= 0.3 is 13.5 Å². The van der Waals surface area contributed by atoms with Gasteiger partial charge in [-0.25, -0.2) is 19.2 Å². The van der Waals surface area contributed by atoms with Gasteiger partial charge in [0.2, 0.25) is 5.95 Å². The van der Waals surface area contributed by atoms with Crippen LogP contribution in [0.2, 0.25) is 0 Å². The molecule has 0 spiro atoms. The molecule has 2 fully saturated rings. The van der Waals surface area contributed by atoms with Crippen molar-refractivity contribution in [3.05, 3.63) is 39.4 Å². The van der Waals surface area contributed by atoms with Gasteiger partial charge < -0.3 is 30.9 Å². The number of aliphatic hydroxyl groups is 1. The Morgan fingerprint density at radius 1 is 1.20 bits per heavy atom. The zero-order valence-electron chi connectivity index (χ0n) is 20.3. The van der Waals surface area contributed by atoms with Crippen molar-refractivity contribution in [3.63, 3.8) is 0 Å². The molecule has 0 amide bonds. The predicted octanol–water partition coefficient (Wildman–Crippen LogP) is -0.723. The molecule has 3 aromatic rings. The summed E-state index contributed by atoms with van der Waals surface area (Å²) in [5.41, 5.74) is 10.1. The third kappa shape index (κ3) is 6.05. The zero-order chi connectivity index (χ0) is 28.6. The van der Waals surface area contributed by atoms with Gasteiger partial charge in [0.25, 0.3) is 5.56 Å². The molecule has 2 saturated heterocycles. The first-order valence-electron chi connectivity index (χ1n) is 11.7. The highest BCUT2D eigenvalue weighted by atomic mass is 127. The van der Waals surface area contributed by atoms with Gasteiger partial charge in [-0.1, -0.05) is 0 Å². The van der Waals surface area contributed by atoms with Crippen LogP contribution in [-0.4, -0.2) is 76.7 Å². The van der Waals surface area contributed by atoms with E-state index in [1.807, 2.05) is 0 Å². The number of imidazole rings is 1. The molecule has 0 aliphatic carbocycles. The molecule has 19 nitrogen and oxygen atoms in total. The summed E-state index contributed by atoms with van der Waals surface area (Å²) in [6, 6.07) is 1.32. The van der Waals surface area contributed by atoms with E-state index in [0.29, 0.717) is 12.8 Å². The van der Waals surface area contributed by atoms with Crippen molar-refractivity contribution in [2.45, 2.75) is 49.7 Å². The number of nitrogens with zero attached hydrogens (tertiary/aromatic N) is 5. The third-order valence-corrected chi connectivity index (χ3v) is 7.48. The standard InChI is InChI=1S/C19H24IN8O11P/c20-39-34-6-9-14(13(29)17(37-9)27-4-3-10(21)24-19(27)31)38-40(32,33)35-5-8-1-2-11(36-8)28-7-23-12-15(28)25-18(22)26-16(12)30/h3-4,7-9,11,13-14,17,29H,1-2,5-6H2,(H,32,33)(H2,21,24,31)(H3,22,25,26,30)/t8?,9?,11?,13?,14-,17-/m1/s1. The number of H-pyrrole nitrogens is 1. The molecule has 0 radical (unpaired) electrons. The molecule has 0 aromatic carbocycles. The average Bonchev–Trinajstić information content (AvgIpc) is 3.60. The van der Waals surface area contributed by atoms with Crippen LogP contribution in [-0.2, 0) is 31.2 Å². The number of nitrogen functional groups attached to an aromatic ring is 2. The molecule has 7 N–H and O–H groups in total. The number of aromatic amines is 1. The van der Waals surface area contributed by atoms with Gasteiger partial charge in [-0.05, 0) is 18.9 Å². The molecule has 5 unspecified atom stereocenters. The lowest BCUT2D eigenvalue weighted by atomic mass is 10.1. The lowest BCUT2D eigenvalue weighted by molar-refractivity contribution is -0.201. The second-order valence-electron chi connectivity index (χ2n) is 8.85. The molecule has 2 aliphatic heterocycles. The number of aliphatic hydroxyl groups excluding tert-OH is 1. The average molecular weight is 698 g/mol. The first-order chi connectivity index (χ1) is 19.1. The number of halogens is 1. The fourth-order valence-corrected chi connectivity index (χ4v) is 5.59. The van der Waals surface area contributed by atoms with Crippen LogP contribution < -0.4 is 22.7 Å². The maximum absolute atomic E-state index is 12.8. The summed E-state index contributed by atoms with van der Waals surface area (Å²) < 4.78 is 41.9. The van der Waals surface area contributed by atoms with E-state index >= 15 is 0 Å². The molecule has 218 valence electrons. The van der Waals surface area contributed by atoms with E-state index in [4.69, 9.17) is 34.9 Å². The third-order valence-electron chi connectivity index (χ3n) is 6.24. The minimum absolute atomic E-state index is 0.0420. The molecule has 3 aromatic heterocycles. The minimum Gasteiger partial charge on any atom is -0.386 e. The molecule has 21 heteroatoms. The minimum atomic E-state index is -4.81. The molecule has 0 saturated carbocycles. The van der Waals surface area contributed by atoms with E-state index < -0.39 is 55.9 Å². The Hall–Kier alpha value is -2.53. The van der Waals surface area contributed by atoms with Crippen molar-refractivity contribution in [1.29, 1.82) is 0 Å². The normalized spacial score (nSPS) is 28.3. The summed E-state index contributed by atoms with van der Waals surface area (Å²) in [7, 11) is -4.81. The van der Waals surface area contributed by atoms with Gasteiger partial charge in [0.1, 0.15) is 37.0 Å². The lowest BCUT2D eigenvalue weighted by Gasteiger charge is -2.23. The number of aromatic nitrogens is 6. The Morgan fingerprint density at radius 3 is 2.75 bits per heavy atom. The highest BCUT2D eigenvalue weighted by molar-refractivity contribution is 14.1. The number of hydrogen-bond acceptors (Lipinski definition) is 15. The van der Waals surface area contributed by atoms with E-state index in [1.165, 1.54) is 46.2 Å². The van der Waals surface area contributed by atoms with Crippen LogP contribution >= 0.6 is 30.8 Å². The Kier molecular flexibility index (Phi) is 8.52. The van der Waals surface area contributed by atoms with Crippen LogP contribution in [0.5, 0.6) is 0 Å². The highest BCUT2D eigenvalue weighted by Gasteiger charge is 2.49. The number of phosphoric acid groups is 1. The van der Waals surface area contributed by atoms with E-state index in [9.17, 15) is 24.2 Å². The molecule has 7 atom stereocenters. The molecule has 2 aliphatic rings. The summed E-state index contributed by atoms with van der Waals surface area (Å²) in [6.45, 7) is -0.675. The second kappa shape index (κ2) is 11.8. The lowest BCUT2D eigenvalue weighted by Crippen LogP contribution is -2.38. The molecule has 5 rings (SSSR count). The van der Waals surface area contributed by atoms with Crippen molar-refractivity contribution >= 4 is 53.8 Å². The van der Waals surface area contributed by atoms with E-state index in [-0.39, 0.29) is 36.1 Å². The molecular weight excluding hydrogens is 674 g/mol. The maximum Gasteiger partial charge on any atom is 0.472 e. The van der Waals surface area contributed by atoms with Crippen molar-refractivity contribution in [3.8, 4) is 0 Å². The number of ether oxygens (including phenoxy) is 2. The van der Waals surface area contributed by atoms with Crippen LogP contribution in [0.4, 0.5) is 11.8 Å². The summed E-state index contributed by atoms with van der Waals surface area (Å²) in [6.07, 6.45) is -3.26. The predicted molar refractivity (Wildman–Crippen MR) is 140 cm³/mol. The van der Waals surface area contributed by atoms with Crippen molar-refractivity contribution in [2.75, 3.05) is 24.7 Å². The Labute approximate surface area is 237 Å². The van der Waals surface area contributed by atoms with Crippen LogP contribution in [0.1, 0.15) is 25.3 Å². The number of nitrogens with one attached hydrogen (secondary N) is 1. The van der Waals surface area contributed by atoms with Crippen LogP contribution in [0, 0.1) is 0 Å². The number of fused-ring (bicyclic) bond motifs is 1. The van der Waals surface area contributed by atoms with Gasteiger partial charge in [-0.2, -0.15) is 13.2 Å².